The normalized spacial score (nSPS) is 12.4. The summed E-state index contributed by atoms with van der Waals surface area (Å²) in [6.45, 7) is 4.29. The fourth-order valence-electron chi connectivity index (χ4n) is 1.53. The Morgan fingerprint density at radius 2 is 2.21 bits per heavy atom. The summed E-state index contributed by atoms with van der Waals surface area (Å²) in [5.41, 5.74) is 0.979. The Morgan fingerprint density at radius 3 is 2.89 bits per heavy atom. The topological polar surface area (TPSA) is 50.7 Å². The Hall–Kier alpha value is -0.810. The van der Waals surface area contributed by atoms with Gasteiger partial charge in [0.15, 0.2) is 0 Å². The summed E-state index contributed by atoms with van der Waals surface area (Å²) in [7, 11) is 1.67. The Labute approximate surface area is 119 Å². The van der Waals surface area contributed by atoms with Gasteiger partial charge < -0.3 is 19.9 Å². The molecule has 0 aliphatic carbocycles. The molecule has 0 amide bonds. The van der Waals surface area contributed by atoms with Gasteiger partial charge in [0.2, 0.25) is 0 Å². The van der Waals surface area contributed by atoms with Crippen molar-refractivity contribution >= 4 is 11.6 Å². The molecule has 108 valence electrons. The fourth-order valence-corrected chi connectivity index (χ4v) is 1.72. The first-order chi connectivity index (χ1) is 9.17. The van der Waals surface area contributed by atoms with Crippen molar-refractivity contribution in [2.75, 3.05) is 26.9 Å². The molecule has 1 rings (SSSR count). The van der Waals surface area contributed by atoms with Gasteiger partial charge in [-0.25, -0.2) is 0 Å². The van der Waals surface area contributed by atoms with Crippen molar-refractivity contribution in [3.63, 3.8) is 0 Å². The molecule has 1 aromatic carbocycles. The maximum Gasteiger partial charge on any atom is 0.124 e. The highest BCUT2D eigenvalue weighted by molar-refractivity contribution is 6.30. The molecule has 0 saturated carbocycles. The van der Waals surface area contributed by atoms with Crippen LogP contribution < -0.4 is 10.1 Å². The SMILES string of the molecule is CCC(O)COc1ccc(Cl)cc1CNCCOC. The highest BCUT2D eigenvalue weighted by Crippen LogP contribution is 2.23. The van der Waals surface area contributed by atoms with Crippen LogP contribution >= 0.6 is 11.6 Å². The van der Waals surface area contributed by atoms with Gasteiger partial charge in [-0.2, -0.15) is 0 Å². The molecule has 1 unspecified atom stereocenters. The molecule has 5 heteroatoms. The highest BCUT2D eigenvalue weighted by atomic mass is 35.5. The van der Waals surface area contributed by atoms with Crippen LogP contribution in [0.3, 0.4) is 0 Å². The Bertz CT molecular complexity index is 374. The zero-order chi connectivity index (χ0) is 14.1. The third kappa shape index (κ3) is 6.25. The smallest absolute Gasteiger partial charge is 0.124 e. The van der Waals surface area contributed by atoms with E-state index in [1.54, 1.807) is 13.2 Å². The highest BCUT2D eigenvalue weighted by Gasteiger charge is 2.07. The van der Waals surface area contributed by atoms with E-state index in [4.69, 9.17) is 21.1 Å². The number of benzene rings is 1. The van der Waals surface area contributed by atoms with Gasteiger partial charge in [-0.1, -0.05) is 18.5 Å². The molecule has 0 radical (unpaired) electrons. The van der Waals surface area contributed by atoms with E-state index in [9.17, 15) is 5.11 Å². The van der Waals surface area contributed by atoms with E-state index in [1.165, 1.54) is 0 Å². The molecule has 1 atom stereocenters. The van der Waals surface area contributed by atoms with Crippen molar-refractivity contribution in [3.8, 4) is 5.75 Å². The second kappa shape index (κ2) is 9.15. The molecule has 0 aliphatic rings. The third-order valence-corrected chi connectivity index (χ3v) is 2.96. The van der Waals surface area contributed by atoms with E-state index >= 15 is 0 Å². The van der Waals surface area contributed by atoms with Crippen molar-refractivity contribution in [1.29, 1.82) is 0 Å². The van der Waals surface area contributed by atoms with Crippen molar-refractivity contribution in [1.82, 2.24) is 5.32 Å². The van der Waals surface area contributed by atoms with Gasteiger partial charge >= 0.3 is 0 Å². The molecule has 4 nitrogen and oxygen atoms in total. The van der Waals surface area contributed by atoms with E-state index in [-0.39, 0.29) is 0 Å². The number of aliphatic hydroxyl groups excluding tert-OH is 1. The predicted octanol–water partition coefficient (Wildman–Crippen LogP) is 2.23. The number of methoxy groups -OCH3 is 1. The van der Waals surface area contributed by atoms with Gasteiger partial charge in [-0.15, -0.1) is 0 Å². The third-order valence-electron chi connectivity index (χ3n) is 2.72. The van der Waals surface area contributed by atoms with Crippen LogP contribution in [0, 0.1) is 0 Å². The first-order valence-electron chi connectivity index (χ1n) is 6.46. The molecule has 0 aliphatic heterocycles. The Kier molecular flexibility index (Phi) is 7.82. The van der Waals surface area contributed by atoms with E-state index in [2.05, 4.69) is 5.32 Å². The van der Waals surface area contributed by atoms with Crippen LogP contribution in [0.1, 0.15) is 18.9 Å². The number of rotatable bonds is 9. The fraction of sp³-hybridized carbons (Fsp3) is 0.571. The molecule has 0 fully saturated rings. The van der Waals surface area contributed by atoms with Gasteiger partial charge in [0.05, 0.1) is 12.7 Å². The van der Waals surface area contributed by atoms with Gasteiger partial charge in [-0.3, -0.25) is 0 Å². The summed E-state index contributed by atoms with van der Waals surface area (Å²) in [5.74, 6) is 0.752. The lowest BCUT2D eigenvalue weighted by Gasteiger charge is -2.14. The van der Waals surface area contributed by atoms with E-state index < -0.39 is 6.10 Å². The average molecular weight is 288 g/mol. The zero-order valence-electron chi connectivity index (χ0n) is 11.5. The first-order valence-corrected chi connectivity index (χ1v) is 6.84. The van der Waals surface area contributed by atoms with Crippen LogP contribution in [0.5, 0.6) is 5.75 Å². The summed E-state index contributed by atoms with van der Waals surface area (Å²) in [4.78, 5) is 0. The average Bonchev–Trinajstić information content (AvgIpc) is 2.42. The summed E-state index contributed by atoms with van der Waals surface area (Å²) in [5, 5.41) is 13.4. The molecule has 2 N–H and O–H groups in total. The van der Waals surface area contributed by atoms with Crippen molar-refractivity contribution in [2.24, 2.45) is 0 Å². The number of ether oxygens (including phenoxy) is 2. The molecule has 0 heterocycles. The standard InChI is InChI=1S/C14H22ClNO3/c1-3-13(17)10-19-14-5-4-12(15)8-11(14)9-16-6-7-18-2/h4-5,8,13,16-17H,3,6-7,9-10H2,1-2H3. The second-order valence-electron chi connectivity index (χ2n) is 4.29. The molecular formula is C14H22ClNO3. The molecule has 0 saturated heterocycles. The van der Waals surface area contributed by atoms with Gasteiger partial charge in [0.1, 0.15) is 12.4 Å². The lowest BCUT2D eigenvalue weighted by atomic mass is 10.2. The summed E-state index contributed by atoms with van der Waals surface area (Å²) in [6, 6.07) is 5.49. The van der Waals surface area contributed by atoms with Crippen LogP contribution in [0.4, 0.5) is 0 Å². The van der Waals surface area contributed by atoms with E-state index in [1.807, 2.05) is 19.1 Å². The lowest BCUT2D eigenvalue weighted by Crippen LogP contribution is -2.20. The van der Waals surface area contributed by atoms with Crippen LogP contribution in [0.2, 0.25) is 5.02 Å². The number of hydrogen-bond acceptors (Lipinski definition) is 4. The maximum atomic E-state index is 9.53. The minimum absolute atomic E-state index is 0.295. The van der Waals surface area contributed by atoms with Crippen molar-refractivity contribution in [2.45, 2.75) is 26.0 Å². The van der Waals surface area contributed by atoms with E-state index in [0.717, 1.165) is 17.9 Å². The van der Waals surface area contributed by atoms with Crippen LogP contribution in [-0.4, -0.2) is 38.1 Å². The van der Waals surface area contributed by atoms with Crippen LogP contribution in [0.15, 0.2) is 18.2 Å². The Balaban J connectivity index is 2.58. The summed E-state index contributed by atoms with van der Waals surface area (Å²) in [6.07, 6.45) is 0.236. The largest absolute Gasteiger partial charge is 0.491 e. The Morgan fingerprint density at radius 1 is 1.42 bits per heavy atom. The van der Waals surface area contributed by atoms with Crippen molar-refractivity contribution < 1.29 is 14.6 Å². The zero-order valence-corrected chi connectivity index (χ0v) is 12.2. The molecule has 1 aromatic rings. The maximum absolute atomic E-state index is 9.53. The molecule has 0 spiro atoms. The van der Waals surface area contributed by atoms with Crippen LogP contribution in [-0.2, 0) is 11.3 Å². The van der Waals surface area contributed by atoms with Crippen LogP contribution in [0.25, 0.3) is 0 Å². The minimum Gasteiger partial charge on any atom is -0.491 e. The number of aliphatic hydroxyl groups is 1. The quantitative estimate of drug-likeness (QED) is 0.684. The molecular weight excluding hydrogens is 266 g/mol. The number of hydrogen-bond donors (Lipinski definition) is 2. The molecule has 0 aromatic heterocycles. The monoisotopic (exact) mass is 287 g/mol. The second-order valence-corrected chi connectivity index (χ2v) is 4.73. The van der Waals surface area contributed by atoms with Gasteiger partial charge in [0, 0.05) is 30.8 Å². The van der Waals surface area contributed by atoms with Gasteiger partial charge in [-0.05, 0) is 24.6 Å². The summed E-state index contributed by atoms with van der Waals surface area (Å²) >= 11 is 5.99. The van der Waals surface area contributed by atoms with Gasteiger partial charge in [0.25, 0.3) is 0 Å². The molecule has 0 bridgehead atoms. The molecule has 19 heavy (non-hydrogen) atoms. The first kappa shape index (κ1) is 16.2. The predicted molar refractivity (Wildman–Crippen MR) is 76.8 cm³/mol. The number of halogens is 1. The lowest BCUT2D eigenvalue weighted by molar-refractivity contribution is 0.104. The minimum atomic E-state index is -0.440. The van der Waals surface area contributed by atoms with Crippen molar-refractivity contribution in [3.05, 3.63) is 28.8 Å². The summed E-state index contributed by atoms with van der Waals surface area (Å²) < 4.78 is 10.6. The van der Waals surface area contributed by atoms with E-state index in [0.29, 0.717) is 31.2 Å². The number of nitrogens with one attached hydrogen (secondary N) is 1.